The molecule has 0 heterocycles. The van der Waals surface area contributed by atoms with E-state index in [0.717, 1.165) is 0 Å². The van der Waals surface area contributed by atoms with E-state index in [1.807, 2.05) is 0 Å². The predicted octanol–water partition coefficient (Wildman–Crippen LogP) is 1.00. The van der Waals surface area contributed by atoms with Gasteiger partial charge in [-0.15, -0.1) is 0 Å². The molecule has 0 saturated carbocycles. The monoisotopic (exact) mass is 220 g/mol. The summed E-state index contributed by atoms with van der Waals surface area (Å²) in [5.74, 6) is 3.78. The first kappa shape index (κ1) is 11.5. The highest BCUT2D eigenvalue weighted by Gasteiger charge is 2.07. The average molecular weight is 220 g/mol. The summed E-state index contributed by atoms with van der Waals surface area (Å²) in [4.78, 5) is 20.1. The average Bonchev–Trinajstić information content (AvgIpc) is 2.20. The van der Waals surface area contributed by atoms with Gasteiger partial charge in [-0.05, 0) is 6.07 Å². The fraction of sp³-hybridized carbons (Fsp3) is 0.100. The highest BCUT2D eigenvalue weighted by atomic mass is 16.6. The van der Waals surface area contributed by atoms with E-state index in [2.05, 4.69) is 11.8 Å². The molecule has 1 aromatic rings. The summed E-state index contributed by atoms with van der Waals surface area (Å²) in [6.45, 7) is 0. The number of hydrogen-bond acceptors (Lipinski definition) is 4. The summed E-state index contributed by atoms with van der Waals surface area (Å²) in [6, 6.07) is 3.84. The van der Waals surface area contributed by atoms with Crippen molar-refractivity contribution in [2.75, 3.05) is 5.73 Å². The number of nitrogens with zero attached hydrogens (tertiary/aromatic N) is 1. The second-order valence-electron chi connectivity index (χ2n) is 2.90. The first-order valence-electron chi connectivity index (χ1n) is 4.25. The van der Waals surface area contributed by atoms with Gasteiger partial charge in [0.25, 0.3) is 5.69 Å². The normalized spacial score (nSPS) is 9.00. The van der Waals surface area contributed by atoms with Crippen molar-refractivity contribution < 1.29 is 14.8 Å². The molecule has 6 nitrogen and oxygen atoms in total. The number of anilines is 1. The van der Waals surface area contributed by atoms with E-state index in [4.69, 9.17) is 10.8 Å². The Morgan fingerprint density at radius 3 is 2.81 bits per heavy atom. The van der Waals surface area contributed by atoms with Gasteiger partial charge in [0.05, 0.1) is 10.5 Å². The number of rotatable bonds is 2. The van der Waals surface area contributed by atoms with Gasteiger partial charge in [-0.25, -0.2) is 0 Å². The largest absolute Gasteiger partial charge is 0.481 e. The molecule has 0 unspecified atom stereocenters. The van der Waals surface area contributed by atoms with Crippen LogP contribution < -0.4 is 5.73 Å². The molecule has 0 saturated heterocycles. The first-order valence-corrected chi connectivity index (χ1v) is 4.25. The number of non-ortho nitro benzene ring substituents is 1. The molecule has 0 atom stereocenters. The predicted molar refractivity (Wildman–Crippen MR) is 56.6 cm³/mol. The second kappa shape index (κ2) is 4.79. The van der Waals surface area contributed by atoms with Crippen LogP contribution in [0.3, 0.4) is 0 Å². The number of nitro groups is 1. The van der Waals surface area contributed by atoms with Crippen molar-refractivity contribution in [1.29, 1.82) is 0 Å². The summed E-state index contributed by atoms with van der Waals surface area (Å²) < 4.78 is 0. The molecule has 0 aliphatic carbocycles. The molecule has 0 amide bonds. The quantitative estimate of drug-likeness (QED) is 0.334. The number of nitro benzene ring substituents is 1. The van der Waals surface area contributed by atoms with E-state index < -0.39 is 10.9 Å². The zero-order chi connectivity index (χ0) is 12.1. The number of carboxylic acid groups (broad SMARTS) is 1. The Labute approximate surface area is 90.8 Å². The molecule has 0 aliphatic heterocycles. The summed E-state index contributed by atoms with van der Waals surface area (Å²) in [5.41, 5.74) is 5.94. The maximum Gasteiger partial charge on any atom is 0.315 e. The van der Waals surface area contributed by atoms with Crippen LogP contribution in [0.4, 0.5) is 11.4 Å². The molecule has 1 rings (SSSR count). The van der Waals surface area contributed by atoms with E-state index in [-0.39, 0.29) is 23.4 Å². The van der Waals surface area contributed by atoms with Crippen LogP contribution in [0.15, 0.2) is 18.2 Å². The lowest BCUT2D eigenvalue weighted by atomic mass is 10.1. The molecule has 0 aliphatic rings. The van der Waals surface area contributed by atoms with E-state index in [9.17, 15) is 14.9 Å². The third-order valence-corrected chi connectivity index (χ3v) is 1.71. The molecular formula is C10H8N2O4. The Hall–Kier alpha value is -2.55. The van der Waals surface area contributed by atoms with E-state index in [1.165, 1.54) is 18.2 Å². The molecule has 0 bridgehead atoms. The number of benzene rings is 1. The van der Waals surface area contributed by atoms with Crippen molar-refractivity contribution in [3.63, 3.8) is 0 Å². The van der Waals surface area contributed by atoms with Crippen LogP contribution in [-0.2, 0) is 4.79 Å². The van der Waals surface area contributed by atoms with E-state index in [0.29, 0.717) is 0 Å². The van der Waals surface area contributed by atoms with Gasteiger partial charge in [-0.3, -0.25) is 14.9 Å². The Morgan fingerprint density at radius 1 is 1.56 bits per heavy atom. The number of carboxylic acids is 1. The van der Waals surface area contributed by atoms with Gasteiger partial charge in [0.2, 0.25) is 0 Å². The van der Waals surface area contributed by atoms with Crippen LogP contribution in [0.1, 0.15) is 12.0 Å². The summed E-state index contributed by atoms with van der Waals surface area (Å²) in [6.07, 6.45) is -0.331. The minimum absolute atomic E-state index is 0.131. The number of nitrogen functional groups attached to an aromatic ring is 1. The standard InChI is InChI=1S/C10H8N2O4/c11-9-5-4-8(12(15)16)6-7(9)2-1-3-10(13)14/h4-6H,3,11H2,(H,13,14). The van der Waals surface area contributed by atoms with Crippen molar-refractivity contribution in [1.82, 2.24) is 0 Å². The molecule has 0 spiro atoms. The lowest BCUT2D eigenvalue weighted by Crippen LogP contribution is -1.94. The number of nitrogens with two attached hydrogens (primary N) is 1. The summed E-state index contributed by atoms with van der Waals surface area (Å²) >= 11 is 0. The van der Waals surface area contributed by atoms with Crippen LogP contribution in [0.25, 0.3) is 0 Å². The maximum atomic E-state index is 10.5. The Bertz CT molecular complexity index is 499. The number of hydrogen-bond donors (Lipinski definition) is 2. The highest BCUT2D eigenvalue weighted by Crippen LogP contribution is 2.18. The molecular weight excluding hydrogens is 212 g/mol. The van der Waals surface area contributed by atoms with Gasteiger partial charge in [0.1, 0.15) is 6.42 Å². The fourth-order valence-electron chi connectivity index (χ4n) is 0.981. The van der Waals surface area contributed by atoms with Crippen LogP contribution in [-0.4, -0.2) is 16.0 Å². The van der Waals surface area contributed by atoms with Gasteiger partial charge in [-0.1, -0.05) is 11.8 Å². The van der Waals surface area contributed by atoms with Crippen LogP contribution in [0.2, 0.25) is 0 Å². The molecule has 82 valence electrons. The zero-order valence-electron chi connectivity index (χ0n) is 8.14. The topological polar surface area (TPSA) is 106 Å². The van der Waals surface area contributed by atoms with Crippen LogP contribution >= 0.6 is 0 Å². The minimum atomic E-state index is -1.06. The van der Waals surface area contributed by atoms with Gasteiger partial charge in [-0.2, -0.15) is 0 Å². The van der Waals surface area contributed by atoms with E-state index >= 15 is 0 Å². The Morgan fingerprint density at radius 2 is 2.25 bits per heavy atom. The lowest BCUT2D eigenvalue weighted by molar-refractivity contribution is -0.384. The van der Waals surface area contributed by atoms with Crippen molar-refractivity contribution in [2.45, 2.75) is 6.42 Å². The third-order valence-electron chi connectivity index (χ3n) is 1.71. The van der Waals surface area contributed by atoms with Crippen LogP contribution in [0.5, 0.6) is 0 Å². The maximum absolute atomic E-state index is 10.5. The lowest BCUT2D eigenvalue weighted by Gasteiger charge is -1.97. The summed E-state index contributed by atoms with van der Waals surface area (Å²) in [5, 5.41) is 18.8. The zero-order valence-corrected chi connectivity index (χ0v) is 8.14. The van der Waals surface area contributed by atoms with Crippen LogP contribution in [0, 0.1) is 22.0 Å². The summed E-state index contributed by atoms with van der Waals surface area (Å²) in [7, 11) is 0. The molecule has 1 aromatic carbocycles. The Kier molecular flexibility index (Phi) is 3.45. The molecule has 0 fully saturated rings. The smallest absolute Gasteiger partial charge is 0.315 e. The van der Waals surface area contributed by atoms with Crippen molar-refractivity contribution >= 4 is 17.3 Å². The molecule has 16 heavy (non-hydrogen) atoms. The molecule has 6 heteroatoms. The van der Waals surface area contributed by atoms with Gasteiger partial charge in [0.15, 0.2) is 0 Å². The Balaban J connectivity index is 3.01. The fourth-order valence-corrected chi connectivity index (χ4v) is 0.981. The number of carbonyl (C=O) groups is 1. The molecule has 0 radical (unpaired) electrons. The van der Waals surface area contributed by atoms with Gasteiger partial charge < -0.3 is 10.8 Å². The van der Waals surface area contributed by atoms with Crippen molar-refractivity contribution in [3.8, 4) is 11.8 Å². The van der Waals surface area contributed by atoms with Crippen molar-refractivity contribution in [2.24, 2.45) is 0 Å². The SMILES string of the molecule is Nc1ccc([N+](=O)[O-])cc1C#CCC(=O)O. The van der Waals surface area contributed by atoms with Gasteiger partial charge >= 0.3 is 5.97 Å². The van der Waals surface area contributed by atoms with Gasteiger partial charge in [0, 0.05) is 17.8 Å². The first-order chi connectivity index (χ1) is 7.50. The minimum Gasteiger partial charge on any atom is -0.481 e. The van der Waals surface area contributed by atoms with Crippen molar-refractivity contribution in [3.05, 3.63) is 33.9 Å². The molecule has 0 aromatic heterocycles. The molecule has 3 N–H and O–H groups in total. The number of aliphatic carboxylic acids is 1. The highest BCUT2D eigenvalue weighted by molar-refractivity contribution is 5.70. The second-order valence-corrected chi connectivity index (χ2v) is 2.90. The third kappa shape index (κ3) is 2.99. The van der Waals surface area contributed by atoms with E-state index in [1.54, 1.807) is 0 Å².